The maximum atomic E-state index is 12.9. The number of rotatable bonds is 4. The Bertz CT molecular complexity index is 982. The van der Waals surface area contributed by atoms with Crippen LogP contribution in [-0.4, -0.2) is 37.6 Å². The quantitative estimate of drug-likeness (QED) is 0.688. The Kier molecular flexibility index (Phi) is 4.89. The second-order valence-electron chi connectivity index (χ2n) is 6.40. The van der Waals surface area contributed by atoms with Crippen molar-refractivity contribution in [2.75, 3.05) is 13.2 Å². The largest absolute Gasteiger partial charge is 0.490 e. The number of fused-ring (bicyclic) bond motifs is 1. The molecule has 1 aliphatic heterocycles. The molecule has 1 aromatic heterocycles. The Hall–Kier alpha value is -2.74. The molecule has 8 heteroatoms. The summed E-state index contributed by atoms with van der Waals surface area (Å²) in [5, 5.41) is 12.0. The first-order valence-electron chi connectivity index (χ1n) is 8.75. The second-order valence-corrected chi connectivity index (χ2v) is 7.85. The van der Waals surface area contributed by atoms with Crippen molar-refractivity contribution in [3.05, 3.63) is 53.3 Å². The molecule has 27 heavy (non-hydrogen) atoms. The van der Waals surface area contributed by atoms with Gasteiger partial charge in [0.25, 0.3) is 0 Å². The van der Waals surface area contributed by atoms with E-state index in [0.717, 1.165) is 23.2 Å². The maximum Gasteiger partial charge on any atom is 0.169 e. The lowest BCUT2D eigenvalue weighted by Crippen LogP contribution is -2.09. The van der Waals surface area contributed by atoms with Crippen LogP contribution in [0.15, 0.2) is 41.3 Å². The highest BCUT2D eigenvalue weighted by Crippen LogP contribution is 2.32. The molecule has 0 bridgehead atoms. The zero-order valence-electron chi connectivity index (χ0n) is 15.2. The molecule has 140 valence electrons. The van der Waals surface area contributed by atoms with E-state index >= 15 is 0 Å². The van der Waals surface area contributed by atoms with E-state index in [1.165, 1.54) is 0 Å². The van der Waals surface area contributed by atoms with Gasteiger partial charge in [-0.05, 0) is 47.5 Å². The molecule has 1 unspecified atom stereocenters. The predicted octanol–water partition coefficient (Wildman–Crippen LogP) is 2.75. The van der Waals surface area contributed by atoms with Gasteiger partial charge in [0.1, 0.15) is 0 Å². The van der Waals surface area contributed by atoms with Crippen LogP contribution in [-0.2, 0) is 16.6 Å². The third kappa shape index (κ3) is 3.57. The van der Waals surface area contributed by atoms with E-state index in [4.69, 9.17) is 9.47 Å². The first-order valence-corrected chi connectivity index (χ1v) is 10.1. The van der Waals surface area contributed by atoms with Crippen LogP contribution in [0.3, 0.4) is 0 Å². The molecular weight excluding hydrogens is 364 g/mol. The Balaban J connectivity index is 1.62. The van der Waals surface area contributed by atoms with Crippen molar-refractivity contribution in [3.63, 3.8) is 0 Å². The smallest absolute Gasteiger partial charge is 0.169 e. The predicted molar refractivity (Wildman–Crippen MR) is 101 cm³/mol. The lowest BCUT2D eigenvalue weighted by Gasteiger charge is -2.11. The van der Waals surface area contributed by atoms with E-state index in [1.807, 2.05) is 38.1 Å². The van der Waals surface area contributed by atoms with E-state index in [0.29, 0.717) is 35.4 Å². The van der Waals surface area contributed by atoms with Gasteiger partial charge in [-0.15, -0.1) is 5.10 Å². The van der Waals surface area contributed by atoms with Gasteiger partial charge in [0.2, 0.25) is 0 Å². The molecule has 4 rings (SSSR count). The standard InChI is InChI=1S/C19H20N4O3S/c1-13-5-3-6-14(2)19(13)23-18(20-21-22-23)12-27(24)15-7-8-16-17(11-15)26-10-4-9-25-16/h3,5-8,11H,4,9-10,12H2,1-2H3. The van der Waals surface area contributed by atoms with Crippen molar-refractivity contribution < 1.29 is 13.7 Å². The maximum absolute atomic E-state index is 12.9. The minimum atomic E-state index is -1.31. The van der Waals surface area contributed by atoms with Gasteiger partial charge in [-0.1, -0.05) is 18.2 Å². The van der Waals surface area contributed by atoms with E-state index < -0.39 is 10.8 Å². The zero-order chi connectivity index (χ0) is 18.8. The highest BCUT2D eigenvalue weighted by Gasteiger charge is 2.18. The van der Waals surface area contributed by atoms with Gasteiger partial charge in [-0.3, -0.25) is 4.21 Å². The minimum Gasteiger partial charge on any atom is -0.490 e. The molecule has 0 radical (unpaired) electrons. The van der Waals surface area contributed by atoms with Gasteiger partial charge in [-0.2, -0.15) is 4.68 Å². The Morgan fingerprint density at radius 3 is 2.59 bits per heavy atom. The second kappa shape index (κ2) is 7.48. The molecule has 2 aromatic carbocycles. The third-order valence-electron chi connectivity index (χ3n) is 4.43. The van der Waals surface area contributed by atoms with E-state index in [-0.39, 0.29) is 5.75 Å². The van der Waals surface area contributed by atoms with Crippen molar-refractivity contribution in [2.45, 2.75) is 30.9 Å². The number of tetrazole rings is 1. The summed E-state index contributed by atoms with van der Waals surface area (Å²) in [4.78, 5) is 0.662. The normalized spacial score (nSPS) is 14.6. The summed E-state index contributed by atoms with van der Waals surface area (Å²) in [6, 6.07) is 11.4. The highest BCUT2D eigenvalue weighted by atomic mass is 32.2. The van der Waals surface area contributed by atoms with Crippen LogP contribution in [0.1, 0.15) is 23.4 Å². The summed E-state index contributed by atoms with van der Waals surface area (Å²) in [6.45, 7) is 5.23. The molecule has 1 atom stereocenters. The fourth-order valence-corrected chi connectivity index (χ4v) is 4.13. The van der Waals surface area contributed by atoms with Crippen molar-refractivity contribution in [3.8, 4) is 17.2 Å². The molecule has 0 N–H and O–H groups in total. The van der Waals surface area contributed by atoms with Gasteiger partial charge in [-0.25, -0.2) is 0 Å². The van der Waals surface area contributed by atoms with Gasteiger partial charge < -0.3 is 9.47 Å². The third-order valence-corrected chi connectivity index (χ3v) is 5.73. The topological polar surface area (TPSA) is 79.1 Å². The molecule has 0 saturated carbocycles. The number of aromatic nitrogens is 4. The highest BCUT2D eigenvalue weighted by molar-refractivity contribution is 7.84. The van der Waals surface area contributed by atoms with E-state index in [1.54, 1.807) is 16.8 Å². The molecule has 0 aliphatic carbocycles. The number of nitrogens with zero attached hydrogens (tertiary/aromatic N) is 4. The molecule has 3 aromatic rings. The van der Waals surface area contributed by atoms with Gasteiger partial charge in [0.05, 0.1) is 35.5 Å². The molecular formula is C19H20N4O3S. The number of para-hydroxylation sites is 1. The first kappa shape index (κ1) is 17.7. The number of ether oxygens (including phenoxy) is 2. The number of hydrogen-bond donors (Lipinski definition) is 0. The number of benzene rings is 2. The fourth-order valence-electron chi connectivity index (χ4n) is 3.09. The number of hydrogen-bond acceptors (Lipinski definition) is 6. The van der Waals surface area contributed by atoms with Gasteiger partial charge in [0, 0.05) is 17.4 Å². The van der Waals surface area contributed by atoms with Crippen molar-refractivity contribution in [1.82, 2.24) is 20.2 Å². The monoisotopic (exact) mass is 384 g/mol. The SMILES string of the molecule is Cc1cccc(C)c1-n1nnnc1CS(=O)c1ccc2c(c1)OCCCO2. The van der Waals surface area contributed by atoms with Crippen LogP contribution >= 0.6 is 0 Å². The van der Waals surface area contributed by atoms with Crippen LogP contribution in [0, 0.1) is 13.8 Å². The molecule has 7 nitrogen and oxygen atoms in total. The summed E-state index contributed by atoms with van der Waals surface area (Å²) in [6.07, 6.45) is 0.831. The van der Waals surface area contributed by atoms with E-state index in [2.05, 4.69) is 15.5 Å². The fraction of sp³-hybridized carbons (Fsp3) is 0.316. The van der Waals surface area contributed by atoms with Gasteiger partial charge in [0.15, 0.2) is 17.3 Å². The van der Waals surface area contributed by atoms with Crippen molar-refractivity contribution in [2.24, 2.45) is 0 Å². The number of aryl methyl sites for hydroxylation is 2. The van der Waals surface area contributed by atoms with Crippen LogP contribution in [0.25, 0.3) is 5.69 Å². The summed E-state index contributed by atoms with van der Waals surface area (Å²) < 4.78 is 25.9. The molecule has 2 heterocycles. The first-order chi connectivity index (χ1) is 13.1. The van der Waals surface area contributed by atoms with Crippen LogP contribution in [0.4, 0.5) is 0 Å². The van der Waals surface area contributed by atoms with E-state index in [9.17, 15) is 4.21 Å². The minimum absolute atomic E-state index is 0.209. The molecule has 0 amide bonds. The zero-order valence-corrected chi connectivity index (χ0v) is 16.0. The van der Waals surface area contributed by atoms with Crippen molar-refractivity contribution >= 4 is 10.8 Å². The summed E-state index contributed by atoms with van der Waals surface area (Å²) in [5.41, 5.74) is 3.04. The van der Waals surface area contributed by atoms with Gasteiger partial charge >= 0.3 is 0 Å². The molecule has 0 fully saturated rings. The molecule has 0 saturated heterocycles. The lowest BCUT2D eigenvalue weighted by atomic mass is 10.1. The Labute approximate surface area is 159 Å². The Morgan fingerprint density at radius 2 is 1.81 bits per heavy atom. The molecule has 1 aliphatic rings. The summed E-state index contributed by atoms with van der Waals surface area (Å²) in [7, 11) is -1.31. The lowest BCUT2D eigenvalue weighted by molar-refractivity contribution is 0.297. The average Bonchev–Trinajstić information content (AvgIpc) is 2.96. The average molecular weight is 384 g/mol. The van der Waals surface area contributed by atoms with Crippen molar-refractivity contribution in [1.29, 1.82) is 0 Å². The molecule has 0 spiro atoms. The summed E-state index contributed by atoms with van der Waals surface area (Å²) in [5.74, 6) is 2.08. The summed E-state index contributed by atoms with van der Waals surface area (Å²) >= 11 is 0. The Morgan fingerprint density at radius 1 is 1.07 bits per heavy atom. The van der Waals surface area contributed by atoms with Crippen LogP contribution in [0.5, 0.6) is 11.5 Å². The van der Waals surface area contributed by atoms with Crippen LogP contribution < -0.4 is 9.47 Å². The van der Waals surface area contributed by atoms with Crippen LogP contribution in [0.2, 0.25) is 0 Å².